The van der Waals surface area contributed by atoms with Gasteiger partial charge in [-0.05, 0) is 30.3 Å². The lowest BCUT2D eigenvalue weighted by Crippen LogP contribution is -2.36. The molecule has 0 saturated carbocycles. The van der Waals surface area contributed by atoms with Crippen molar-refractivity contribution in [3.63, 3.8) is 0 Å². The van der Waals surface area contributed by atoms with Crippen molar-refractivity contribution in [2.24, 2.45) is 0 Å². The summed E-state index contributed by atoms with van der Waals surface area (Å²) < 4.78 is 33.7. The molecule has 0 N–H and O–H groups in total. The lowest BCUT2D eigenvalue weighted by molar-refractivity contribution is 0.122. The molecule has 0 amide bonds. The van der Waals surface area contributed by atoms with Crippen LogP contribution in [0.25, 0.3) is 21.8 Å². The Labute approximate surface area is 173 Å². The van der Waals surface area contributed by atoms with E-state index in [0.717, 1.165) is 22.1 Å². The Hall–Kier alpha value is -2.61. The first-order valence-electron chi connectivity index (χ1n) is 9.29. The molecule has 1 aliphatic heterocycles. The highest BCUT2D eigenvalue weighted by molar-refractivity contribution is 7.90. The average molecular weight is 428 g/mol. The number of aromatic nitrogens is 2. The predicted octanol–water partition coefficient (Wildman–Crippen LogP) is 3.92. The third kappa shape index (κ3) is 3.06. The van der Waals surface area contributed by atoms with Crippen LogP contribution in [0.3, 0.4) is 0 Å². The highest BCUT2D eigenvalue weighted by Crippen LogP contribution is 2.34. The van der Waals surface area contributed by atoms with Gasteiger partial charge in [0.15, 0.2) is 0 Å². The van der Waals surface area contributed by atoms with Crippen LogP contribution in [0.1, 0.15) is 0 Å². The summed E-state index contributed by atoms with van der Waals surface area (Å²) in [5, 5.41) is 1.97. The van der Waals surface area contributed by atoms with Gasteiger partial charge >= 0.3 is 0 Å². The third-order valence-electron chi connectivity index (χ3n) is 5.14. The molecule has 6 nitrogen and oxygen atoms in total. The highest BCUT2D eigenvalue weighted by Gasteiger charge is 2.24. The van der Waals surface area contributed by atoms with Gasteiger partial charge < -0.3 is 9.64 Å². The number of halogens is 1. The van der Waals surface area contributed by atoms with Gasteiger partial charge in [-0.15, -0.1) is 0 Å². The van der Waals surface area contributed by atoms with Gasteiger partial charge in [0, 0.05) is 35.1 Å². The predicted molar refractivity (Wildman–Crippen MR) is 114 cm³/mol. The van der Waals surface area contributed by atoms with Gasteiger partial charge in [-0.2, -0.15) is 0 Å². The zero-order valence-corrected chi connectivity index (χ0v) is 17.0. The van der Waals surface area contributed by atoms with Crippen molar-refractivity contribution in [2.45, 2.75) is 4.90 Å². The number of fused-ring (bicyclic) bond motifs is 3. The summed E-state index contributed by atoms with van der Waals surface area (Å²) in [7, 11) is -3.82. The number of anilines is 1. The van der Waals surface area contributed by atoms with Crippen LogP contribution in [0.15, 0.2) is 65.7 Å². The van der Waals surface area contributed by atoms with Gasteiger partial charge in [-0.3, -0.25) is 0 Å². The molecule has 29 heavy (non-hydrogen) atoms. The van der Waals surface area contributed by atoms with Crippen LogP contribution < -0.4 is 4.90 Å². The monoisotopic (exact) mass is 427 g/mol. The van der Waals surface area contributed by atoms with Gasteiger partial charge in [0.1, 0.15) is 5.82 Å². The number of ether oxygens (including phenoxy) is 1. The van der Waals surface area contributed by atoms with E-state index in [0.29, 0.717) is 36.8 Å². The quantitative estimate of drug-likeness (QED) is 0.496. The van der Waals surface area contributed by atoms with E-state index in [1.165, 1.54) is 10.0 Å². The first kappa shape index (κ1) is 18.4. The zero-order valence-electron chi connectivity index (χ0n) is 15.5. The Balaban J connectivity index is 1.81. The third-order valence-corrected chi connectivity index (χ3v) is 7.05. The molecule has 4 aromatic rings. The van der Waals surface area contributed by atoms with Crippen LogP contribution in [0.4, 0.5) is 5.82 Å². The van der Waals surface area contributed by atoms with Crippen LogP contribution >= 0.6 is 11.6 Å². The lowest BCUT2D eigenvalue weighted by Gasteiger charge is -2.28. The van der Waals surface area contributed by atoms with Gasteiger partial charge in [0.25, 0.3) is 10.0 Å². The number of hydrogen-bond acceptors (Lipinski definition) is 5. The van der Waals surface area contributed by atoms with Gasteiger partial charge in [0.05, 0.1) is 29.1 Å². The fraction of sp³-hybridized carbons (Fsp3) is 0.190. The molecule has 0 bridgehead atoms. The minimum Gasteiger partial charge on any atom is -0.378 e. The number of hydrogen-bond donors (Lipinski definition) is 0. The smallest absolute Gasteiger partial charge is 0.268 e. The number of benzene rings is 2. The Bertz CT molecular complexity index is 1330. The molecule has 0 unspecified atom stereocenters. The van der Waals surface area contributed by atoms with Gasteiger partial charge in [0.2, 0.25) is 0 Å². The van der Waals surface area contributed by atoms with Crippen LogP contribution in [0.5, 0.6) is 0 Å². The van der Waals surface area contributed by atoms with Gasteiger partial charge in [-0.25, -0.2) is 17.4 Å². The van der Waals surface area contributed by atoms with Crippen LogP contribution in [-0.2, 0) is 14.8 Å². The minimum atomic E-state index is -3.82. The number of morpholine rings is 1. The first-order valence-corrected chi connectivity index (χ1v) is 11.1. The fourth-order valence-corrected chi connectivity index (χ4v) is 5.43. The number of para-hydroxylation sites is 1. The second-order valence-corrected chi connectivity index (χ2v) is 9.14. The van der Waals surface area contributed by atoms with E-state index in [2.05, 4.69) is 4.90 Å². The Kier molecular flexibility index (Phi) is 4.46. The van der Waals surface area contributed by atoms with Crippen molar-refractivity contribution < 1.29 is 13.2 Å². The Morgan fingerprint density at radius 1 is 0.966 bits per heavy atom. The second kappa shape index (κ2) is 7.02. The molecule has 2 aromatic heterocycles. The molecular formula is C21H18ClN3O3S. The molecule has 0 atom stereocenters. The van der Waals surface area contributed by atoms with E-state index < -0.39 is 10.0 Å². The van der Waals surface area contributed by atoms with E-state index in [1.54, 1.807) is 24.4 Å². The average Bonchev–Trinajstić information content (AvgIpc) is 3.20. The van der Waals surface area contributed by atoms with Crippen LogP contribution in [0.2, 0.25) is 5.02 Å². The summed E-state index contributed by atoms with van der Waals surface area (Å²) in [6, 6.07) is 15.7. The summed E-state index contributed by atoms with van der Waals surface area (Å²) in [5.41, 5.74) is 1.37. The van der Waals surface area contributed by atoms with Crippen molar-refractivity contribution in [1.82, 2.24) is 8.96 Å². The molecule has 2 aromatic carbocycles. The molecule has 0 radical (unpaired) electrons. The van der Waals surface area contributed by atoms with E-state index >= 15 is 0 Å². The molecule has 5 rings (SSSR count). The minimum absolute atomic E-state index is 0.149. The molecular weight excluding hydrogens is 410 g/mol. The summed E-state index contributed by atoms with van der Waals surface area (Å²) in [6.45, 7) is 2.67. The van der Waals surface area contributed by atoms with Crippen molar-refractivity contribution in [2.75, 3.05) is 31.2 Å². The summed E-state index contributed by atoms with van der Waals surface area (Å²) in [5.74, 6) is 0.780. The summed E-state index contributed by atoms with van der Waals surface area (Å²) in [6.07, 6.45) is 1.60. The SMILES string of the molecule is O=S(=O)(c1cccc(Cl)c1)n1ccc2c(N3CCOCC3)nc3ccccc3c21. The fourth-order valence-electron chi connectivity index (χ4n) is 3.76. The Morgan fingerprint density at radius 3 is 2.55 bits per heavy atom. The standard InChI is InChI=1S/C21H18ClN3O3S/c22-15-4-3-5-16(14-15)29(26,27)25-9-8-18-20(25)17-6-1-2-7-19(17)23-21(18)24-10-12-28-13-11-24/h1-9,14H,10-13H2. The molecule has 148 valence electrons. The molecule has 1 saturated heterocycles. The molecule has 1 aliphatic rings. The Morgan fingerprint density at radius 2 is 1.76 bits per heavy atom. The summed E-state index contributed by atoms with van der Waals surface area (Å²) >= 11 is 6.05. The second-order valence-electron chi connectivity index (χ2n) is 6.89. The van der Waals surface area contributed by atoms with E-state index in [1.807, 2.05) is 30.3 Å². The van der Waals surface area contributed by atoms with Crippen molar-refractivity contribution in [3.05, 3.63) is 65.8 Å². The first-order chi connectivity index (χ1) is 14.1. The molecule has 1 fully saturated rings. The van der Waals surface area contributed by atoms with E-state index in [4.69, 9.17) is 21.3 Å². The van der Waals surface area contributed by atoms with Crippen molar-refractivity contribution in [1.29, 1.82) is 0 Å². The van der Waals surface area contributed by atoms with Crippen LogP contribution in [-0.4, -0.2) is 43.7 Å². The molecule has 3 heterocycles. The number of rotatable bonds is 3. The molecule has 0 spiro atoms. The molecule has 0 aliphatic carbocycles. The normalized spacial score (nSPS) is 15.3. The highest BCUT2D eigenvalue weighted by atomic mass is 35.5. The maximum atomic E-state index is 13.4. The zero-order chi connectivity index (χ0) is 20.0. The van der Waals surface area contributed by atoms with E-state index in [-0.39, 0.29) is 4.90 Å². The largest absolute Gasteiger partial charge is 0.378 e. The topological polar surface area (TPSA) is 64.4 Å². The van der Waals surface area contributed by atoms with Crippen molar-refractivity contribution >= 4 is 49.2 Å². The van der Waals surface area contributed by atoms with Crippen LogP contribution in [0, 0.1) is 0 Å². The maximum Gasteiger partial charge on any atom is 0.268 e. The number of nitrogens with zero attached hydrogens (tertiary/aromatic N) is 3. The lowest BCUT2D eigenvalue weighted by atomic mass is 10.1. The van der Waals surface area contributed by atoms with E-state index in [9.17, 15) is 8.42 Å². The molecule has 8 heteroatoms. The maximum absolute atomic E-state index is 13.4. The van der Waals surface area contributed by atoms with Gasteiger partial charge in [-0.1, -0.05) is 35.9 Å². The summed E-state index contributed by atoms with van der Waals surface area (Å²) in [4.78, 5) is 7.15. The van der Waals surface area contributed by atoms with Crippen molar-refractivity contribution in [3.8, 4) is 0 Å². The number of pyridine rings is 1.